The van der Waals surface area contributed by atoms with Crippen LogP contribution in [0.15, 0.2) is 63.4 Å². The van der Waals surface area contributed by atoms with Crippen molar-refractivity contribution in [2.45, 2.75) is 6.92 Å². The molecule has 6 nitrogen and oxygen atoms in total. The van der Waals surface area contributed by atoms with Crippen LogP contribution in [0.3, 0.4) is 0 Å². The van der Waals surface area contributed by atoms with Gasteiger partial charge in [0.05, 0.1) is 0 Å². The molecule has 0 atom stereocenters. The van der Waals surface area contributed by atoms with Gasteiger partial charge in [-0.25, -0.2) is 9.37 Å². The summed E-state index contributed by atoms with van der Waals surface area (Å²) in [5.74, 6) is -0.0860. The van der Waals surface area contributed by atoms with Gasteiger partial charge in [-0.2, -0.15) is 0 Å². The molecule has 0 aliphatic carbocycles. The Kier molecular flexibility index (Phi) is 4.33. The molecule has 1 N–H and O–H groups in total. The van der Waals surface area contributed by atoms with Crippen molar-refractivity contribution in [3.8, 4) is 17.4 Å². The Morgan fingerprint density at radius 2 is 2.00 bits per heavy atom. The van der Waals surface area contributed by atoms with E-state index in [0.29, 0.717) is 17.2 Å². The summed E-state index contributed by atoms with van der Waals surface area (Å²) in [5.41, 5.74) is 2.45. The van der Waals surface area contributed by atoms with Crippen LogP contribution >= 0.6 is 0 Å². The van der Waals surface area contributed by atoms with Crippen molar-refractivity contribution in [3.05, 3.63) is 66.0 Å². The van der Waals surface area contributed by atoms with E-state index >= 15 is 0 Å². The van der Waals surface area contributed by atoms with Crippen molar-refractivity contribution < 1.29 is 22.8 Å². The fourth-order valence-electron chi connectivity index (χ4n) is 2.54. The lowest BCUT2D eigenvalue weighted by atomic mass is 10.2. The smallest absolute Gasteiger partial charge is 0.264 e. The molecule has 4 aromatic rings. The predicted octanol–water partition coefficient (Wildman–Crippen LogP) is 4.55. The Labute approximate surface area is 153 Å². The molecule has 0 radical (unpaired) electrons. The van der Waals surface area contributed by atoms with E-state index in [0.717, 1.165) is 11.1 Å². The summed E-state index contributed by atoms with van der Waals surface area (Å²) < 4.78 is 29.9. The second-order valence-corrected chi connectivity index (χ2v) is 5.92. The number of fused-ring (bicyclic) bond motifs is 1. The van der Waals surface area contributed by atoms with Gasteiger partial charge in [0.1, 0.15) is 5.52 Å². The molecule has 0 aliphatic heterocycles. The number of para-hydroxylation sites is 1. The standard InChI is InChI=1S/C20H15FN2O4/c1-12-6-7-16-14(10-12)22-20(27-16)17-8-9-19(26-17)23-18(24)11-25-15-5-3-2-4-13(15)21/h2-10H,11H2,1H3,(H,23,24). The predicted molar refractivity (Wildman–Crippen MR) is 97.0 cm³/mol. The zero-order valence-corrected chi connectivity index (χ0v) is 14.4. The third-order valence-corrected chi connectivity index (χ3v) is 3.82. The molecule has 136 valence electrons. The number of amides is 1. The minimum atomic E-state index is -0.531. The number of anilines is 1. The van der Waals surface area contributed by atoms with Crippen LogP contribution in [0.1, 0.15) is 5.56 Å². The lowest BCUT2D eigenvalue weighted by molar-refractivity contribution is -0.118. The van der Waals surface area contributed by atoms with Crippen LogP contribution in [0.5, 0.6) is 5.75 Å². The molecule has 0 fully saturated rings. The van der Waals surface area contributed by atoms with Gasteiger partial charge >= 0.3 is 0 Å². The molecule has 7 heteroatoms. The van der Waals surface area contributed by atoms with Crippen LogP contribution in [-0.2, 0) is 4.79 Å². The normalized spacial score (nSPS) is 10.9. The largest absolute Gasteiger partial charge is 0.481 e. The summed E-state index contributed by atoms with van der Waals surface area (Å²) in [6.45, 7) is 1.62. The minimum Gasteiger partial charge on any atom is -0.481 e. The van der Waals surface area contributed by atoms with Crippen LogP contribution < -0.4 is 10.1 Å². The molecular formula is C20H15FN2O4. The number of ether oxygens (including phenoxy) is 1. The van der Waals surface area contributed by atoms with Crippen molar-refractivity contribution in [1.82, 2.24) is 4.98 Å². The number of halogens is 1. The van der Waals surface area contributed by atoms with E-state index in [1.807, 2.05) is 25.1 Å². The van der Waals surface area contributed by atoms with Gasteiger partial charge in [-0.15, -0.1) is 0 Å². The quantitative estimate of drug-likeness (QED) is 0.560. The van der Waals surface area contributed by atoms with Crippen LogP contribution in [-0.4, -0.2) is 17.5 Å². The maximum absolute atomic E-state index is 13.5. The number of nitrogens with zero attached hydrogens (tertiary/aromatic N) is 1. The monoisotopic (exact) mass is 366 g/mol. The fraction of sp³-hybridized carbons (Fsp3) is 0.100. The van der Waals surface area contributed by atoms with Gasteiger partial charge in [0.25, 0.3) is 11.8 Å². The van der Waals surface area contributed by atoms with Crippen LogP contribution in [0.4, 0.5) is 10.3 Å². The van der Waals surface area contributed by atoms with E-state index in [2.05, 4.69) is 10.3 Å². The van der Waals surface area contributed by atoms with Crippen molar-refractivity contribution in [2.75, 3.05) is 11.9 Å². The van der Waals surface area contributed by atoms with Crippen molar-refractivity contribution in [2.24, 2.45) is 0 Å². The molecule has 2 aromatic carbocycles. The minimum absolute atomic E-state index is 0.00885. The Hall–Kier alpha value is -3.61. The lowest BCUT2D eigenvalue weighted by Crippen LogP contribution is -2.20. The highest BCUT2D eigenvalue weighted by Gasteiger charge is 2.14. The van der Waals surface area contributed by atoms with E-state index in [1.165, 1.54) is 12.1 Å². The molecule has 0 unspecified atom stereocenters. The molecular weight excluding hydrogens is 351 g/mol. The molecule has 2 heterocycles. The Bertz CT molecular complexity index is 1120. The van der Waals surface area contributed by atoms with Crippen LogP contribution in [0.25, 0.3) is 22.8 Å². The van der Waals surface area contributed by atoms with Crippen LogP contribution in [0, 0.1) is 12.7 Å². The number of carbonyl (C=O) groups is 1. The molecule has 0 aliphatic rings. The number of hydrogen-bond donors (Lipinski definition) is 1. The number of aryl methyl sites for hydroxylation is 1. The van der Waals surface area contributed by atoms with Crippen molar-refractivity contribution >= 4 is 22.9 Å². The SMILES string of the molecule is Cc1ccc2oc(-c3ccc(NC(=O)COc4ccccc4F)o3)nc2c1. The maximum atomic E-state index is 13.5. The number of furan rings is 1. The summed E-state index contributed by atoms with van der Waals surface area (Å²) >= 11 is 0. The Morgan fingerprint density at radius 1 is 1.15 bits per heavy atom. The van der Waals surface area contributed by atoms with E-state index in [-0.39, 0.29) is 18.2 Å². The Morgan fingerprint density at radius 3 is 2.85 bits per heavy atom. The first-order valence-electron chi connectivity index (χ1n) is 8.23. The average Bonchev–Trinajstić information content (AvgIpc) is 3.27. The first-order valence-corrected chi connectivity index (χ1v) is 8.23. The Balaban J connectivity index is 1.42. The molecule has 0 saturated heterocycles. The number of aromatic nitrogens is 1. The third-order valence-electron chi connectivity index (χ3n) is 3.82. The molecule has 0 bridgehead atoms. The van der Waals surface area contributed by atoms with Gasteiger partial charge in [-0.3, -0.25) is 10.1 Å². The number of rotatable bonds is 5. The maximum Gasteiger partial charge on any atom is 0.264 e. The highest BCUT2D eigenvalue weighted by atomic mass is 19.1. The number of carbonyl (C=O) groups excluding carboxylic acids is 1. The van der Waals surface area contributed by atoms with Gasteiger partial charge in [0.15, 0.2) is 29.5 Å². The molecule has 1 amide bonds. The van der Waals surface area contributed by atoms with E-state index in [1.54, 1.807) is 24.3 Å². The third kappa shape index (κ3) is 3.67. The second kappa shape index (κ2) is 6.95. The van der Waals surface area contributed by atoms with E-state index in [9.17, 15) is 9.18 Å². The van der Waals surface area contributed by atoms with Gasteiger partial charge in [-0.05, 0) is 42.8 Å². The fourth-order valence-corrected chi connectivity index (χ4v) is 2.54. The van der Waals surface area contributed by atoms with Gasteiger partial charge in [0, 0.05) is 6.07 Å². The second-order valence-electron chi connectivity index (χ2n) is 5.92. The van der Waals surface area contributed by atoms with E-state index < -0.39 is 11.7 Å². The zero-order chi connectivity index (χ0) is 18.8. The highest BCUT2D eigenvalue weighted by molar-refractivity contribution is 5.90. The molecule has 0 spiro atoms. The van der Waals surface area contributed by atoms with Gasteiger partial charge in [-0.1, -0.05) is 18.2 Å². The lowest BCUT2D eigenvalue weighted by Gasteiger charge is -2.06. The first kappa shape index (κ1) is 16.8. The summed E-state index contributed by atoms with van der Waals surface area (Å²) in [5, 5.41) is 2.54. The molecule has 27 heavy (non-hydrogen) atoms. The van der Waals surface area contributed by atoms with Gasteiger partial charge < -0.3 is 13.6 Å². The number of benzene rings is 2. The number of oxazole rings is 1. The van der Waals surface area contributed by atoms with E-state index in [4.69, 9.17) is 13.6 Å². The number of hydrogen-bond acceptors (Lipinski definition) is 5. The van der Waals surface area contributed by atoms with Crippen LogP contribution in [0.2, 0.25) is 0 Å². The molecule has 0 saturated carbocycles. The van der Waals surface area contributed by atoms with Crippen molar-refractivity contribution in [3.63, 3.8) is 0 Å². The molecule has 4 rings (SSSR count). The summed E-state index contributed by atoms with van der Waals surface area (Å²) in [6.07, 6.45) is 0. The highest BCUT2D eigenvalue weighted by Crippen LogP contribution is 2.28. The summed E-state index contributed by atoms with van der Waals surface area (Å²) in [6, 6.07) is 14.8. The number of nitrogens with one attached hydrogen (secondary N) is 1. The first-order chi connectivity index (χ1) is 13.1. The summed E-state index contributed by atoms with van der Waals surface area (Å²) in [7, 11) is 0. The van der Waals surface area contributed by atoms with Gasteiger partial charge in [0.2, 0.25) is 5.88 Å². The molecule has 2 aromatic heterocycles. The zero-order valence-electron chi connectivity index (χ0n) is 14.4. The van der Waals surface area contributed by atoms with Crippen molar-refractivity contribution in [1.29, 1.82) is 0 Å². The average molecular weight is 366 g/mol. The summed E-state index contributed by atoms with van der Waals surface area (Å²) in [4.78, 5) is 16.3. The topological polar surface area (TPSA) is 77.5 Å².